The van der Waals surface area contributed by atoms with Crippen molar-refractivity contribution >= 4 is 5.82 Å². The predicted octanol–water partition coefficient (Wildman–Crippen LogP) is 2.51. The van der Waals surface area contributed by atoms with E-state index in [1.807, 2.05) is 6.92 Å². The Morgan fingerprint density at radius 1 is 1.31 bits per heavy atom. The van der Waals surface area contributed by atoms with Gasteiger partial charge in [-0.2, -0.15) is 4.98 Å². The van der Waals surface area contributed by atoms with Crippen LogP contribution in [0.3, 0.4) is 0 Å². The molecule has 0 atom stereocenters. The Kier molecular flexibility index (Phi) is 3.59. The third kappa shape index (κ3) is 2.62. The molecule has 16 heavy (non-hydrogen) atoms. The molecule has 1 aromatic rings. The number of hydrogen-bond acceptors (Lipinski definition) is 4. The molecule has 0 radical (unpaired) electrons. The molecule has 1 saturated carbocycles. The third-order valence-corrected chi connectivity index (χ3v) is 3.00. The SMILES string of the molecule is CCOc1cc(N)nc(C2CCCCC2)n1. The maximum absolute atomic E-state index is 5.77. The molecule has 1 fully saturated rings. The van der Waals surface area contributed by atoms with Crippen LogP contribution in [0.5, 0.6) is 5.88 Å². The molecule has 1 heterocycles. The van der Waals surface area contributed by atoms with Crippen molar-refractivity contribution < 1.29 is 4.74 Å². The molecule has 1 aliphatic rings. The second kappa shape index (κ2) is 5.14. The maximum atomic E-state index is 5.77. The zero-order valence-electron chi connectivity index (χ0n) is 9.78. The molecule has 88 valence electrons. The van der Waals surface area contributed by atoms with Gasteiger partial charge in [0.25, 0.3) is 0 Å². The van der Waals surface area contributed by atoms with Crippen molar-refractivity contribution in [2.24, 2.45) is 0 Å². The molecule has 0 unspecified atom stereocenters. The summed E-state index contributed by atoms with van der Waals surface area (Å²) in [7, 11) is 0. The van der Waals surface area contributed by atoms with Gasteiger partial charge in [0.05, 0.1) is 6.61 Å². The van der Waals surface area contributed by atoms with Crippen molar-refractivity contribution in [2.45, 2.75) is 44.9 Å². The lowest BCUT2D eigenvalue weighted by molar-refractivity contribution is 0.322. The Labute approximate surface area is 96.2 Å². The lowest BCUT2D eigenvalue weighted by atomic mass is 9.89. The van der Waals surface area contributed by atoms with E-state index < -0.39 is 0 Å². The van der Waals surface area contributed by atoms with Crippen LogP contribution < -0.4 is 10.5 Å². The number of nitrogens with zero attached hydrogens (tertiary/aromatic N) is 2. The first-order valence-electron chi connectivity index (χ1n) is 6.07. The minimum Gasteiger partial charge on any atom is -0.478 e. The first-order chi connectivity index (χ1) is 7.79. The highest BCUT2D eigenvalue weighted by molar-refractivity contribution is 5.33. The molecule has 0 bridgehead atoms. The molecule has 1 aromatic heterocycles. The minimum atomic E-state index is 0.469. The van der Waals surface area contributed by atoms with Gasteiger partial charge in [0.2, 0.25) is 5.88 Å². The van der Waals surface area contributed by atoms with E-state index in [1.54, 1.807) is 6.07 Å². The molecule has 1 aliphatic carbocycles. The number of ether oxygens (including phenoxy) is 1. The van der Waals surface area contributed by atoms with Crippen molar-refractivity contribution in [2.75, 3.05) is 12.3 Å². The Hall–Kier alpha value is -1.32. The monoisotopic (exact) mass is 221 g/mol. The molecule has 0 aromatic carbocycles. The fourth-order valence-electron chi connectivity index (χ4n) is 2.23. The Balaban J connectivity index is 2.18. The first-order valence-corrected chi connectivity index (χ1v) is 6.07. The lowest BCUT2D eigenvalue weighted by Gasteiger charge is -2.20. The fraction of sp³-hybridized carbons (Fsp3) is 0.667. The van der Waals surface area contributed by atoms with Crippen LogP contribution in [-0.2, 0) is 0 Å². The number of nitrogens with two attached hydrogens (primary N) is 1. The van der Waals surface area contributed by atoms with Gasteiger partial charge in [-0.05, 0) is 19.8 Å². The zero-order valence-corrected chi connectivity index (χ0v) is 9.78. The summed E-state index contributed by atoms with van der Waals surface area (Å²) in [6, 6.07) is 1.69. The number of rotatable bonds is 3. The highest BCUT2D eigenvalue weighted by Crippen LogP contribution is 2.31. The van der Waals surface area contributed by atoms with Crippen LogP contribution in [0.15, 0.2) is 6.07 Å². The molecule has 0 aliphatic heterocycles. The molecule has 0 amide bonds. The van der Waals surface area contributed by atoms with Gasteiger partial charge in [0.15, 0.2) is 0 Å². The van der Waals surface area contributed by atoms with E-state index in [1.165, 1.54) is 32.1 Å². The van der Waals surface area contributed by atoms with Crippen LogP contribution in [0.2, 0.25) is 0 Å². The van der Waals surface area contributed by atoms with Gasteiger partial charge in [-0.3, -0.25) is 0 Å². The fourth-order valence-corrected chi connectivity index (χ4v) is 2.23. The molecule has 2 N–H and O–H groups in total. The van der Waals surface area contributed by atoms with E-state index in [2.05, 4.69) is 9.97 Å². The largest absolute Gasteiger partial charge is 0.478 e. The van der Waals surface area contributed by atoms with E-state index in [9.17, 15) is 0 Å². The molecule has 4 heteroatoms. The Morgan fingerprint density at radius 3 is 2.75 bits per heavy atom. The second-order valence-corrected chi connectivity index (χ2v) is 4.26. The number of anilines is 1. The van der Waals surface area contributed by atoms with Crippen molar-refractivity contribution in [1.29, 1.82) is 0 Å². The van der Waals surface area contributed by atoms with Crippen LogP contribution >= 0.6 is 0 Å². The van der Waals surface area contributed by atoms with Gasteiger partial charge < -0.3 is 10.5 Å². The van der Waals surface area contributed by atoms with Crippen LogP contribution in [-0.4, -0.2) is 16.6 Å². The summed E-state index contributed by atoms with van der Waals surface area (Å²) >= 11 is 0. The highest BCUT2D eigenvalue weighted by atomic mass is 16.5. The summed E-state index contributed by atoms with van der Waals surface area (Å²) in [5, 5.41) is 0. The second-order valence-electron chi connectivity index (χ2n) is 4.26. The summed E-state index contributed by atoms with van der Waals surface area (Å²) in [6.07, 6.45) is 6.22. The van der Waals surface area contributed by atoms with E-state index in [4.69, 9.17) is 10.5 Å². The third-order valence-electron chi connectivity index (χ3n) is 3.00. The summed E-state index contributed by atoms with van der Waals surface area (Å²) in [4.78, 5) is 8.76. The molecular formula is C12H19N3O. The molecule has 2 rings (SSSR count). The maximum Gasteiger partial charge on any atom is 0.218 e. The Bertz CT molecular complexity index is 348. The predicted molar refractivity (Wildman–Crippen MR) is 63.4 cm³/mol. The van der Waals surface area contributed by atoms with Gasteiger partial charge in [-0.15, -0.1) is 0 Å². The zero-order chi connectivity index (χ0) is 11.4. The van der Waals surface area contributed by atoms with Gasteiger partial charge >= 0.3 is 0 Å². The number of nitrogen functional groups attached to an aromatic ring is 1. The van der Waals surface area contributed by atoms with Crippen molar-refractivity contribution in [3.05, 3.63) is 11.9 Å². The summed E-state index contributed by atoms with van der Waals surface area (Å²) < 4.78 is 5.39. The summed E-state index contributed by atoms with van der Waals surface area (Å²) in [6.45, 7) is 2.55. The minimum absolute atomic E-state index is 0.469. The number of aromatic nitrogens is 2. The van der Waals surface area contributed by atoms with Crippen molar-refractivity contribution in [3.8, 4) is 5.88 Å². The van der Waals surface area contributed by atoms with E-state index >= 15 is 0 Å². The van der Waals surface area contributed by atoms with Crippen LogP contribution in [0.4, 0.5) is 5.82 Å². The van der Waals surface area contributed by atoms with Gasteiger partial charge in [-0.1, -0.05) is 19.3 Å². The average Bonchev–Trinajstić information content (AvgIpc) is 2.30. The van der Waals surface area contributed by atoms with Crippen molar-refractivity contribution in [1.82, 2.24) is 9.97 Å². The van der Waals surface area contributed by atoms with Crippen LogP contribution in [0, 0.1) is 0 Å². The van der Waals surface area contributed by atoms with Gasteiger partial charge in [-0.25, -0.2) is 4.98 Å². The van der Waals surface area contributed by atoms with Crippen LogP contribution in [0.25, 0.3) is 0 Å². The topological polar surface area (TPSA) is 61.0 Å². The lowest BCUT2D eigenvalue weighted by Crippen LogP contribution is -2.11. The van der Waals surface area contributed by atoms with E-state index in [-0.39, 0.29) is 0 Å². The standard InChI is InChI=1S/C12H19N3O/c1-2-16-11-8-10(13)14-12(15-11)9-6-4-3-5-7-9/h8-9H,2-7H2,1H3,(H2,13,14,15). The molecular weight excluding hydrogens is 202 g/mol. The molecule has 4 nitrogen and oxygen atoms in total. The Morgan fingerprint density at radius 2 is 2.06 bits per heavy atom. The van der Waals surface area contributed by atoms with E-state index in [0.717, 1.165) is 5.82 Å². The average molecular weight is 221 g/mol. The normalized spacial score (nSPS) is 17.3. The highest BCUT2D eigenvalue weighted by Gasteiger charge is 2.19. The smallest absolute Gasteiger partial charge is 0.218 e. The van der Waals surface area contributed by atoms with E-state index in [0.29, 0.717) is 24.2 Å². The molecule has 0 spiro atoms. The van der Waals surface area contributed by atoms with Crippen LogP contribution in [0.1, 0.15) is 50.8 Å². The quantitative estimate of drug-likeness (QED) is 0.851. The van der Waals surface area contributed by atoms with Gasteiger partial charge in [0.1, 0.15) is 11.6 Å². The first kappa shape index (κ1) is 11.2. The van der Waals surface area contributed by atoms with Crippen molar-refractivity contribution in [3.63, 3.8) is 0 Å². The number of hydrogen-bond donors (Lipinski definition) is 1. The van der Waals surface area contributed by atoms with Gasteiger partial charge in [0, 0.05) is 12.0 Å². The molecule has 0 saturated heterocycles. The summed E-state index contributed by atoms with van der Waals surface area (Å²) in [5.41, 5.74) is 5.77. The summed E-state index contributed by atoms with van der Waals surface area (Å²) in [5.74, 6) is 2.45.